The molecule has 2 aromatic heterocycles. The van der Waals surface area contributed by atoms with E-state index in [0.29, 0.717) is 45.4 Å². The smallest absolute Gasteiger partial charge is 0.269 e. The van der Waals surface area contributed by atoms with Crippen LogP contribution in [0.4, 0.5) is 5.82 Å². The molecule has 0 radical (unpaired) electrons. The largest absolute Gasteiger partial charge is 0.404 e. The zero-order valence-corrected chi connectivity index (χ0v) is 20.1. The minimum atomic E-state index is -0.197. The highest BCUT2D eigenvalue weighted by atomic mass is 32.1. The Balaban J connectivity index is 1.46. The van der Waals surface area contributed by atoms with Crippen LogP contribution >= 0.6 is 11.3 Å². The third-order valence-corrected chi connectivity index (χ3v) is 7.23. The van der Waals surface area contributed by atoms with Gasteiger partial charge in [0.2, 0.25) is 0 Å². The average molecular weight is 480 g/mol. The molecule has 0 spiro atoms. The molecule has 2 aromatic rings. The van der Waals surface area contributed by atoms with Crippen molar-refractivity contribution in [1.29, 1.82) is 0 Å². The van der Waals surface area contributed by atoms with Crippen LogP contribution in [-0.2, 0) is 4.79 Å². The molecule has 2 saturated heterocycles. The Morgan fingerprint density at radius 3 is 2.71 bits per heavy atom. The molecule has 9 nitrogen and oxygen atoms in total. The van der Waals surface area contributed by atoms with Crippen molar-refractivity contribution in [3.05, 3.63) is 46.9 Å². The lowest BCUT2D eigenvalue weighted by atomic mass is 10.2. The second-order valence-corrected chi connectivity index (χ2v) is 10.3. The fraction of sp³-hybridized carbons (Fsp3) is 0.417. The molecule has 5 rings (SSSR count). The fourth-order valence-corrected chi connectivity index (χ4v) is 5.07. The van der Waals surface area contributed by atoms with Gasteiger partial charge in [-0.15, -0.1) is 11.3 Å². The number of carbonyl (C=O) groups excluding carboxylic acids is 2. The van der Waals surface area contributed by atoms with Crippen LogP contribution in [0.25, 0.3) is 16.1 Å². The number of anilines is 1. The molecule has 0 bridgehead atoms. The molecule has 5 N–H and O–H groups in total. The van der Waals surface area contributed by atoms with E-state index in [1.807, 2.05) is 30.0 Å². The summed E-state index contributed by atoms with van der Waals surface area (Å²) in [5.41, 5.74) is 7.59. The van der Waals surface area contributed by atoms with E-state index in [-0.39, 0.29) is 18.0 Å². The minimum Gasteiger partial charge on any atom is -0.404 e. The van der Waals surface area contributed by atoms with Gasteiger partial charge in [0.05, 0.1) is 21.6 Å². The molecule has 2 aliphatic heterocycles. The molecule has 3 aliphatic rings. The lowest BCUT2D eigenvalue weighted by Crippen LogP contribution is -2.27. The first-order valence-electron chi connectivity index (χ1n) is 11.7. The monoisotopic (exact) mass is 479 g/mol. The van der Waals surface area contributed by atoms with Crippen molar-refractivity contribution in [2.45, 2.75) is 45.3 Å². The van der Waals surface area contributed by atoms with Gasteiger partial charge in [-0.05, 0) is 50.3 Å². The zero-order chi connectivity index (χ0) is 23.8. The number of hydrogen-bond donors (Lipinski definition) is 4. The van der Waals surface area contributed by atoms with Gasteiger partial charge in [-0.2, -0.15) is 0 Å². The second kappa shape index (κ2) is 9.09. The maximum atomic E-state index is 12.9. The summed E-state index contributed by atoms with van der Waals surface area (Å²) < 4.78 is 0. The van der Waals surface area contributed by atoms with Crippen molar-refractivity contribution in [3.63, 3.8) is 0 Å². The van der Waals surface area contributed by atoms with Crippen molar-refractivity contribution < 1.29 is 9.59 Å². The van der Waals surface area contributed by atoms with Gasteiger partial charge in [-0.25, -0.2) is 9.97 Å². The van der Waals surface area contributed by atoms with Crippen LogP contribution in [0.5, 0.6) is 0 Å². The SMILES string of the molecule is CC1CCN(C(=O)c2ccc(-c3cc(NC4CC4)nc(C(=CN)/C=C4\NC(C)NC4=O)n3)s2)C1. The van der Waals surface area contributed by atoms with Crippen LogP contribution in [-0.4, -0.2) is 52.0 Å². The van der Waals surface area contributed by atoms with Crippen molar-refractivity contribution in [1.82, 2.24) is 25.5 Å². The van der Waals surface area contributed by atoms with E-state index in [2.05, 4.69) is 27.9 Å². The van der Waals surface area contributed by atoms with Crippen molar-refractivity contribution in [2.24, 2.45) is 11.7 Å². The van der Waals surface area contributed by atoms with Gasteiger partial charge in [0.1, 0.15) is 11.5 Å². The highest BCUT2D eigenvalue weighted by Gasteiger charge is 2.27. The standard InChI is InChI=1S/C24H29N7O2S/c1-13-7-8-31(12-13)24(33)20-6-5-19(34-20)17-10-21(28-16-3-4-16)30-22(29-17)15(11-25)9-18-23(32)27-14(2)26-18/h5-6,9-11,13-14,16,26H,3-4,7-8,12,25H2,1-2H3,(H,27,32)(H,28,29,30)/b15-11?,18-9-. The molecule has 0 aromatic carbocycles. The van der Waals surface area contributed by atoms with Crippen LogP contribution in [0.15, 0.2) is 36.2 Å². The number of hydrogen-bond acceptors (Lipinski definition) is 8. The molecular weight excluding hydrogens is 450 g/mol. The maximum Gasteiger partial charge on any atom is 0.269 e. The number of nitrogens with one attached hydrogen (secondary N) is 3. The Labute approximate surface area is 202 Å². The number of allylic oxidation sites excluding steroid dienone is 2. The van der Waals surface area contributed by atoms with Gasteiger partial charge in [-0.3, -0.25) is 9.59 Å². The number of nitrogens with zero attached hydrogens (tertiary/aromatic N) is 3. The van der Waals surface area contributed by atoms with Gasteiger partial charge in [0, 0.05) is 37.0 Å². The molecule has 4 heterocycles. The van der Waals surface area contributed by atoms with Crippen molar-refractivity contribution >= 4 is 34.5 Å². The minimum absolute atomic E-state index is 0.0749. The van der Waals surface area contributed by atoms with Crippen LogP contribution < -0.4 is 21.7 Å². The first-order valence-corrected chi connectivity index (χ1v) is 12.5. The molecule has 1 saturated carbocycles. The lowest BCUT2D eigenvalue weighted by molar-refractivity contribution is -0.116. The van der Waals surface area contributed by atoms with E-state index in [9.17, 15) is 9.59 Å². The predicted octanol–water partition coefficient (Wildman–Crippen LogP) is 2.51. The Morgan fingerprint density at radius 1 is 1.24 bits per heavy atom. The Kier molecular flexibility index (Phi) is 5.99. The Morgan fingerprint density at radius 2 is 2.06 bits per heavy atom. The highest BCUT2D eigenvalue weighted by molar-refractivity contribution is 7.17. The number of thiophene rings is 1. The number of nitrogens with two attached hydrogens (primary N) is 1. The third kappa shape index (κ3) is 4.77. The Bertz CT molecular complexity index is 1180. The third-order valence-electron chi connectivity index (χ3n) is 6.14. The quantitative estimate of drug-likeness (QED) is 0.469. The van der Waals surface area contributed by atoms with E-state index < -0.39 is 0 Å². The van der Waals surface area contributed by atoms with E-state index in [4.69, 9.17) is 10.7 Å². The van der Waals surface area contributed by atoms with E-state index in [1.165, 1.54) is 17.5 Å². The normalized spacial score (nSPS) is 23.8. The summed E-state index contributed by atoms with van der Waals surface area (Å²) in [7, 11) is 0. The van der Waals surface area contributed by atoms with Crippen molar-refractivity contribution in [2.75, 3.05) is 18.4 Å². The lowest BCUT2D eigenvalue weighted by Gasteiger charge is -2.14. The van der Waals surface area contributed by atoms with Gasteiger partial charge in [-0.1, -0.05) is 6.92 Å². The first kappa shape index (κ1) is 22.4. The van der Waals surface area contributed by atoms with Gasteiger partial charge in [0.15, 0.2) is 5.82 Å². The predicted molar refractivity (Wildman–Crippen MR) is 133 cm³/mol. The molecule has 178 valence electrons. The molecular formula is C24H29N7O2S. The second-order valence-electron chi connectivity index (χ2n) is 9.21. The number of rotatable bonds is 6. The summed E-state index contributed by atoms with van der Waals surface area (Å²) in [5, 5.41) is 9.30. The van der Waals surface area contributed by atoms with Crippen LogP contribution in [0.2, 0.25) is 0 Å². The highest BCUT2D eigenvalue weighted by Crippen LogP contribution is 2.32. The summed E-state index contributed by atoms with van der Waals surface area (Å²) in [5.74, 6) is 1.54. The molecule has 2 unspecified atom stereocenters. The van der Waals surface area contributed by atoms with Crippen LogP contribution in [0.1, 0.15) is 48.6 Å². The molecule has 10 heteroatoms. The number of likely N-dealkylation sites (tertiary alicyclic amines) is 1. The fourth-order valence-electron chi connectivity index (χ4n) is 4.14. The van der Waals surface area contributed by atoms with E-state index in [0.717, 1.165) is 37.2 Å². The van der Waals surface area contributed by atoms with Crippen LogP contribution in [0, 0.1) is 5.92 Å². The average Bonchev–Trinajstić information content (AvgIpc) is 3.19. The van der Waals surface area contributed by atoms with Gasteiger partial charge >= 0.3 is 0 Å². The number of carbonyl (C=O) groups is 2. The molecule has 2 amide bonds. The number of amides is 2. The molecule has 34 heavy (non-hydrogen) atoms. The molecule has 2 atom stereocenters. The molecule has 1 aliphatic carbocycles. The summed E-state index contributed by atoms with van der Waals surface area (Å²) in [6.07, 6.45) is 6.17. The van der Waals surface area contributed by atoms with Gasteiger partial charge in [0.25, 0.3) is 11.8 Å². The van der Waals surface area contributed by atoms with E-state index in [1.54, 1.807) is 6.08 Å². The molecule has 3 fully saturated rings. The maximum absolute atomic E-state index is 12.9. The summed E-state index contributed by atoms with van der Waals surface area (Å²) in [6.45, 7) is 5.64. The van der Waals surface area contributed by atoms with Crippen LogP contribution in [0.3, 0.4) is 0 Å². The van der Waals surface area contributed by atoms with Gasteiger partial charge < -0.3 is 26.6 Å². The van der Waals surface area contributed by atoms with Crippen molar-refractivity contribution in [3.8, 4) is 10.6 Å². The zero-order valence-electron chi connectivity index (χ0n) is 19.3. The summed E-state index contributed by atoms with van der Waals surface area (Å²) in [4.78, 5) is 38.0. The summed E-state index contributed by atoms with van der Waals surface area (Å²) >= 11 is 1.44. The topological polar surface area (TPSA) is 125 Å². The number of aromatic nitrogens is 2. The Hall–Kier alpha value is -3.40. The first-order chi connectivity index (χ1) is 16.4. The van der Waals surface area contributed by atoms with E-state index >= 15 is 0 Å². The summed E-state index contributed by atoms with van der Waals surface area (Å²) in [6, 6.07) is 6.11.